The van der Waals surface area contributed by atoms with Gasteiger partial charge in [0.1, 0.15) is 48.8 Å². The van der Waals surface area contributed by atoms with Crippen molar-refractivity contribution in [1.82, 2.24) is 0 Å². The molecule has 0 radical (unpaired) electrons. The molecule has 0 spiro atoms. The van der Waals surface area contributed by atoms with E-state index in [1.165, 1.54) is 38.5 Å². The van der Waals surface area contributed by atoms with Gasteiger partial charge in [-0.2, -0.15) is 0 Å². The predicted octanol–water partition coefficient (Wildman–Crippen LogP) is 0.327. The Morgan fingerprint density at radius 2 is 0.775 bits per heavy atom. The number of aliphatic hydroxyl groups excluding tert-OH is 8. The summed E-state index contributed by atoms with van der Waals surface area (Å²) in [7, 11) is 0. The normalized spacial score (nSPS) is 34.4. The van der Waals surface area contributed by atoms with Gasteiger partial charge >= 0.3 is 0 Å². The standard InChI is InChI=1S/2C14H28O6/c2*1-2-3-4-5-6-7-8-19-14-13(18)12(17)11(16)10(9-15)20-14/h2*10-18H,2-9H2,1H3/t10?,11-,12+,13?,14-;10?,11-,12-,13?,14+/m10/s1. The molecule has 0 aliphatic carbocycles. The molecule has 40 heavy (non-hydrogen) atoms. The van der Waals surface area contributed by atoms with Crippen LogP contribution in [0.4, 0.5) is 0 Å². The van der Waals surface area contributed by atoms with E-state index in [1.54, 1.807) is 0 Å². The molecule has 2 rings (SSSR count). The largest absolute Gasteiger partial charge is 0.394 e. The Morgan fingerprint density at radius 1 is 0.450 bits per heavy atom. The molecule has 10 atom stereocenters. The fourth-order valence-electron chi connectivity index (χ4n) is 4.57. The lowest BCUT2D eigenvalue weighted by molar-refractivity contribution is -0.301. The van der Waals surface area contributed by atoms with E-state index < -0.39 is 74.6 Å². The minimum absolute atomic E-state index is 0.425. The first-order valence-corrected chi connectivity index (χ1v) is 15.1. The Bertz CT molecular complexity index is 546. The van der Waals surface area contributed by atoms with Gasteiger partial charge in [-0.05, 0) is 12.8 Å². The average Bonchev–Trinajstić information content (AvgIpc) is 2.96. The Kier molecular flexibility index (Phi) is 20.8. The third-order valence-electron chi connectivity index (χ3n) is 7.26. The second-order valence-electron chi connectivity index (χ2n) is 10.7. The van der Waals surface area contributed by atoms with Crippen molar-refractivity contribution in [3.8, 4) is 0 Å². The van der Waals surface area contributed by atoms with Crippen molar-refractivity contribution < 1.29 is 59.8 Å². The minimum atomic E-state index is -1.37. The molecule has 0 aromatic rings. The molecule has 12 heteroatoms. The molecule has 240 valence electrons. The van der Waals surface area contributed by atoms with E-state index >= 15 is 0 Å². The van der Waals surface area contributed by atoms with Crippen molar-refractivity contribution in [3.05, 3.63) is 0 Å². The maximum atomic E-state index is 9.75. The summed E-state index contributed by atoms with van der Waals surface area (Å²) < 4.78 is 21.3. The van der Waals surface area contributed by atoms with Crippen molar-refractivity contribution in [2.45, 2.75) is 152 Å². The summed E-state index contributed by atoms with van der Waals surface area (Å²) >= 11 is 0. The third-order valence-corrected chi connectivity index (χ3v) is 7.26. The molecular formula is C28H56O12. The molecule has 0 aromatic heterocycles. The van der Waals surface area contributed by atoms with Crippen LogP contribution in [0, 0.1) is 0 Å². The molecule has 2 aliphatic rings. The van der Waals surface area contributed by atoms with Crippen LogP contribution in [0.2, 0.25) is 0 Å². The summed E-state index contributed by atoms with van der Waals surface area (Å²) in [6.45, 7) is 4.33. The monoisotopic (exact) mass is 584 g/mol. The lowest BCUT2D eigenvalue weighted by Gasteiger charge is -2.39. The van der Waals surface area contributed by atoms with Crippen molar-refractivity contribution in [2.75, 3.05) is 26.4 Å². The Morgan fingerprint density at radius 3 is 1.10 bits per heavy atom. The Hall–Kier alpha value is -0.480. The molecule has 0 aromatic carbocycles. The fraction of sp³-hybridized carbons (Fsp3) is 1.00. The van der Waals surface area contributed by atoms with Gasteiger partial charge in [0.05, 0.1) is 13.2 Å². The number of hydrogen-bond acceptors (Lipinski definition) is 12. The van der Waals surface area contributed by atoms with Crippen molar-refractivity contribution in [3.63, 3.8) is 0 Å². The quantitative estimate of drug-likeness (QED) is 0.103. The molecule has 4 unspecified atom stereocenters. The topological polar surface area (TPSA) is 199 Å². The van der Waals surface area contributed by atoms with Crippen LogP contribution in [0.15, 0.2) is 0 Å². The van der Waals surface area contributed by atoms with Gasteiger partial charge in [0.15, 0.2) is 12.6 Å². The summed E-state index contributed by atoms with van der Waals surface area (Å²) in [6, 6.07) is 0. The highest BCUT2D eigenvalue weighted by Gasteiger charge is 2.44. The Balaban J connectivity index is 0.000000400. The van der Waals surface area contributed by atoms with E-state index in [0.29, 0.717) is 13.2 Å². The van der Waals surface area contributed by atoms with Gasteiger partial charge in [0, 0.05) is 13.2 Å². The second-order valence-corrected chi connectivity index (χ2v) is 10.7. The van der Waals surface area contributed by atoms with Gasteiger partial charge in [-0.3, -0.25) is 0 Å². The average molecular weight is 585 g/mol. The molecule has 2 aliphatic heterocycles. The highest BCUT2D eigenvalue weighted by Crippen LogP contribution is 2.23. The fourth-order valence-corrected chi connectivity index (χ4v) is 4.57. The molecule has 0 amide bonds. The van der Waals surface area contributed by atoms with Crippen LogP contribution < -0.4 is 0 Å². The van der Waals surface area contributed by atoms with Gasteiger partial charge in [-0.15, -0.1) is 0 Å². The first-order valence-electron chi connectivity index (χ1n) is 15.1. The molecule has 0 saturated carbocycles. The van der Waals surface area contributed by atoms with Crippen molar-refractivity contribution in [1.29, 1.82) is 0 Å². The summed E-state index contributed by atoms with van der Waals surface area (Å²) in [5.41, 5.74) is 0. The van der Waals surface area contributed by atoms with Gasteiger partial charge in [0.2, 0.25) is 0 Å². The zero-order chi connectivity index (χ0) is 29.9. The Labute approximate surface area is 238 Å². The van der Waals surface area contributed by atoms with E-state index in [1.807, 2.05) is 0 Å². The van der Waals surface area contributed by atoms with E-state index in [0.717, 1.165) is 38.5 Å². The summed E-state index contributed by atoms with van der Waals surface area (Å²) in [4.78, 5) is 0. The van der Waals surface area contributed by atoms with Crippen LogP contribution in [0.3, 0.4) is 0 Å². The predicted molar refractivity (Wildman–Crippen MR) is 146 cm³/mol. The van der Waals surface area contributed by atoms with Crippen LogP contribution in [0.25, 0.3) is 0 Å². The molecule has 0 bridgehead atoms. The molecule has 2 saturated heterocycles. The van der Waals surface area contributed by atoms with Crippen molar-refractivity contribution >= 4 is 0 Å². The van der Waals surface area contributed by atoms with Gasteiger partial charge < -0.3 is 59.8 Å². The summed E-state index contributed by atoms with van der Waals surface area (Å²) in [6.07, 6.45) is 1.70. The van der Waals surface area contributed by atoms with Crippen LogP contribution in [-0.2, 0) is 18.9 Å². The maximum absolute atomic E-state index is 9.75. The number of rotatable bonds is 18. The highest BCUT2D eigenvalue weighted by molar-refractivity contribution is 4.89. The first kappa shape index (κ1) is 37.5. The minimum Gasteiger partial charge on any atom is -0.394 e. The van der Waals surface area contributed by atoms with E-state index in [9.17, 15) is 30.6 Å². The first-order chi connectivity index (χ1) is 19.2. The van der Waals surface area contributed by atoms with E-state index in [-0.39, 0.29) is 0 Å². The molecule has 2 fully saturated rings. The lowest BCUT2D eigenvalue weighted by Crippen LogP contribution is -2.59. The number of hydrogen-bond donors (Lipinski definition) is 8. The van der Waals surface area contributed by atoms with Crippen LogP contribution in [0.1, 0.15) is 90.9 Å². The summed E-state index contributed by atoms with van der Waals surface area (Å²) in [5, 5.41) is 76.0. The van der Waals surface area contributed by atoms with Gasteiger partial charge in [0.25, 0.3) is 0 Å². The van der Waals surface area contributed by atoms with Crippen molar-refractivity contribution in [2.24, 2.45) is 0 Å². The molecular weight excluding hydrogens is 528 g/mol. The molecule has 12 nitrogen and oxygen atoms in total. The highest BCUT2D eigenvalue weighted by atomic mass is 16.7. The third kappa shape index (κ3) is 13.2. The zero-order valence-electron chi connectivity index (χ0n) is 24.3. The van der Waals surface area contributed by atoms with E-state index in [2.05, 4.69) is 13.8 Å². The lowest BCUT2D eigenvalue weighted by atomic mass is 9.99. The second kappa shape index (κ2) is 22.1. The summed E-state index contributed by atoms with van der Waals surface area (Å²) in [5.74, 6) is 0. The van der Waals surface area contributed by atoms with Crippen LogP contribution in [-0.4, -0.2) is 129 Å². The molecule has 2 heterocycles. The van der Waals surface area contributed by atoms with Gasteiger partial charge in [-0.1, -0.05) is 78.1 Å². The van der Waals surface area contributed by atoms with Crippen LogP contribution in [0.5, 0.6) is 0 Å². The van der Waals surface area contributed by atoms with Gasteiger partial charge in [-0.25, -0.2) is 0 Å². The van der Waals surface area contributed by atoms with E-state index in [4.69, 9.17) is 29.2 Å². The number of unbranched alkanes of at least 4 members (excludes halogenated alkanes) is 10. The number of aliphatic hydroxyl groups is 8. The smallest absolute Gasteiger partial charge is 0.186 e. The van der Waals surface area contributed by atoms with Crippen LogP contribution >= 0.6 is 0 Å². The SMILES string of the molecule is CCCCCCCCO[C@@H]1OC(CO)[C@@H](O)[C@H](O)C1O.CCCCCCCCO[C@@H]1OC(CO)[C@H](O)[C@H](O)C1O. The maximum Gasteiger partial charge on any atom is 0.186 e. The zero-order valence-corrected chi connectivity index (χ0v) is 24.3. The molecule has 8 N–H and O–H groups in total. The number of ether oxygens (including phenoxy) is 4.